The maximum absolute atomic E-state index is 12.9. The van der Waals surface area contributed by atoms with E-state index in [0.717, 1.165) is 31.5 Å². The van der Waals surface area contributed by atoms with E-state index in [0.29, 0.717) is 5.69 Å². The van der Waals surface area contributed by atoms with Crippen molar-refractivity contribution >= 4 is 23.3 Å². The van der Waals surface area contributed by atoms with Gasteiger partial charge in [-0.1, -0.05) is 30.3 Å². The zero-order chi connectivity index (χ0) is 20.1. The molecule has 8 nitrogen and oxygen atoms in total. The molecule has 1 heterocycles. The maximum Gasteiger partial charge on any atom is 0.323 e. The van der Waals surface area contributed by atoms with Gasteiger partial charge in [-0.05, 0) is 30.5 Å². The summed E-state index contributed by atoms with van der Waals surface area (Å²) in [6, 6.07) is 13.4. The van der Waals surface area contributed by atoms with Gasteiger partial charge in [-0.25, -0.2) is 0 Å². The molecule has 2 aromatic carbocycles. The number of nitrogens with zero attached hydrogens (tertiary/aromatic N) is 3. The van der Waals surface area contributed by atoms with E-state index >= 15 is 0 Å². The van der Waals surface area contributed by atoms with Crippen molar-refractivity contribution < 1.29 is 19.6 Å². The van der Waals surface area contributed by atoms with E-state index in [1.165, 1.54) is 17.0 Å². The summed E-state index contributed by atoms with van der Waals surface area (Å²) in [6.07, 6.45) is 1.95. The standard InChI is InChI=1S/C20H21N3O5/c24-19(25)14-22(13-15-6-2-1-3-7-15)20(26)16-8-9-17(18(12-16)23(27)28)21-10-4-5-11-21/h1-3,6-9,12H,4-5,10-11,13-14H2,(H,24,25). The average molecular weight is 383 g/mol. The number of anilines is 1. The van der Waals surface area contributed by atoms with E-state index in [1.807, 2.05) is 11.0 Å². The third kappa shape index (κ3) is 4.46. The molecule has 1 fully saturated rings. The van der Waals surface area contributed by atoms with E-state index in [-0.39, 0.29) is 17.8 Å². The van der Waals surface area contributed by atoms with Crippen molar-refractivity contribution in [3.8, 4) is 0 Å². The van der Waals surface area contributed by atoms with Gasteiger partial charge in [-0.3, -0.25) is 19.7 Å². The highest BCUT2D eigenvalue weighted by Crippen LogP contribution is 2.32. The van der Waals surface area contributed by atoms with Gasteiger partial charge in [0.15, 0.2) is 0 Å². The summed E-state index contributed by atoms with van der Waals surface area (Å²) >= 11 is 0. The van der Waals surface area contributed by atoms with Crippen LogP contribution in [0, 0.1) is 10.1 Å². The largest absolute Gasteiger partial charge is 0.480 e. The fourth-order valence-corrected chi connectivity index (χ4v) is 3.38. The van der Waals surface area contributed by atoms with Gasteiger partial charge in [0.25, 0.3) is 11.6 Å². The summed E-state index contributed by atoms with van der Waals surface area (Å²) in [5.74, 6) is -1.70. The van der Waals surface area contributed by atoms with Crippen molar-refractivity contribution in [2.75, 3.05) is 24.5 Å². The number of carbonyl (C=O) groups excluding carboxylic acids is 1. The zero-order valence-electron chi connectivity index (χ0n) is 15.3. The number of nitro benzene ring substituents is 1. The lowest BCUT2D eigenvalue weighted by molar-refractivity contribution is -0.384. The first-order valence-corrected chi connectivity index (χ1v) is 9.04. The highest BCUT2D eigenvalue weighted by molar-refractivity contribution is 5.97. The molecule has 0 spiro atoms. The highest BCUT2D eigenvalue weighted by Gasteiger charge is 2.26. The van der Waals surface area contributed by atoms with Crippen LogP contribution in [0.2, 0.25) is 0 Å². The molecule has 146 valence electrons. The van der Waals surface area contributed by atoms with Crippen LogP contribution < -0.4 is 4.90 Å². The van der Waals surface area contributed by atoms with Gasteiger partial charge in [0.1, 0.15) is 12.2 Å². The van der Waals surface area contributed by atoms with Gasteiger partial charge in [-0.2, -0.15) is 0 Å². The average Bonchev–Trinajstić information content (AvgIpc) is 3.21. The zero-order valence-corrected chi connectivity index (χ0v) is 15.3. The minimum Gasteiger partial charge on any atom is -0.480 e. The number of rotatable bonds is 7. The van der Waals surface area contributed by atoms with Crippen molar-refractivity contribution in [3.63, 3.8) is 0 Å². The molecule has 0 aliphatic carbocycles. The Labute approximate surface area is 162 Å². The Bertz CT molecular complexity index is 879. The molecule has 0 bridgehead atoms. The molecule has 3 rings (SSSR count). The monoisotopic (exact) mass is 383 g/mol. The Morgan fingerprint density at radius 3 is 2.39 bits per heavy atom. The van der Waals surface area contributed by atoms with E-state index in [4.69, 9.17) is 0 Å². The maximum atomic E-state index is 12.9. The van der Waals surface area contributed by atoms with Gasteiger partial charge >= 0.3 is 5.97 Å². The Hall–Kier alpha value is -3.42. The number of nitro groups is 1. The predicted molar refractivity (Wildman–Crippen MR) is 103 cm³/mol. The summed E-state index contributed by atoms with van der Waals surface area (Å²) in [5.41, 5.74) is 1.24. The molecule has 1 aliphatic rings. The predicted octanol–water partition coefficient (Wildman–Crippen LogP) is 2.92. The highest BCUT2D eigenvalue weighted by atomic mass is 16.6. The molecule has 1 amide bonds. The van der Waals surface area contributed by atoms with E-state index in [9.17, 15) is 24.8 Å². The molecular formula is C20H21N3O5. The minimum atomic E-state index is -1.15. The van der Waals surface area contributed by atoms with Crippen LogP contribution >= 0.6 is 0 Å². The summed E-state index contributed by atoms with van der Waals surface area (Å²) in [4.78, 5) is 38.3. The second-order valence-corrected chi connectivity index (χ2v) is 6.70. The van der Waals surface area contributed by atoms with E-state index in [1.54, 1.807) is 30.3 Å². The van der Waals surface area contributed by atoms with Crippen LogP contribution in [0.5, 0.6) is 0 Å². The number of carboxylic acids is 1. The fraction of sp³-hybridized carbons (Fsp3) is 0.300. The van der Waals surface area contributed by atoms with Gasteiger partial charge in [0, 0.05) is 31.3 Å². The van der Waals surface area contributed by atoms with Crippen LogP contribution in [-0.2, 0) is 11.3 Å². The Balaban J connectivity index is 1.90. The summed E-state index contributed by atoms with van der Waals surface area (Å²) in [6.45, 7) is 1.10. The quantitative estimate of drug-likeness (QED) is 0.582. The van der Waals surface area contributed by atoms with Crippen LogP contribution in [0.25, 0.3) is 0 Å². The molecular weight excluding hydrogens is 362 g/mol. The van der Waals surface area contributed by atoms with Crippen LogP contribution in [0.4, 0.5) is 11.4 Å². The van der Waals surface area contributed by atoms with Crippen molar-refractivity contribution in [1.82, 2.24) is 4.90 Å². The number of hydrogen-bond donors (Lipinski definition) is 1. The molecule has 28 heavy (non-hydrogen) atoms. The third-order valence-electron chi connectivity index (χ3n) is 4.70. The van der Waals surface area contributed by atoms with E-state index < -0.39 is 23.3 Å². The number of benzene rings is 2. The molecule has 0 aromatic heterocycles. The molecule has 8 heteroatoms. The number of aliphatic carboxylic acids is 1. The first-order chi connectivity index (χ1) is 13.5. The Morgan fingerprint density at radius 1 is 1.11 bits per heavy atom. The van der Waals surface area contributed by atoms with Crippen molar-refractivity contribution in [1.29, 1.82) is 0 Å². The topological polar surface area (TPSA) is 104 Å². The lowest BCUT2D eigenvalue weighted by Crippen LogP contribution is -2.35. The van der Waals surface area contributed by atoms with Gasteiger partial charge in [-0.15, -0.1) is 0 Å². The van der Waals surface area contributed by atoms with Crippen molar-refractivity contribution in [2.45, 2.75) is 19.4 Å². The first kappa shape index (κ1) is 19.3. The van der Waals surface area contributed by atoms with Crippen LogP contribution in [0.1, 0.15) is 28.8 Å². The molecule has 1 saturated heterocycles. The smallest absolute Gasteiger partial charge is 0.323 e. The van der Waals surface area contributed by atoms with Crippen molar-refractivity contribution in [3.05, 3.63) is 69.8 Å². The molecule has 1 N–H and O–H groups in total. The lowest BCUT2D eigenvalue weighted by Gasteiger charge is -2.22. The number of carbonyl (C=O) groups is 2. The lowest BCUT2D eigenvalue weighted by atomic mass is 10.1. The molecule has 1 aliphatic heterocycles. The Kier molecular flexibility index (Phi) is 5.88. The summed E-state index contributed by atoms with van der Waals surface area (Å²) in [7, 11) is 0. The summed E-state index contributed by atoms with van der Waals surface area (Å²) in [5, 5.41) is 20.7. The van der Waals surface area contributed by atoms with E-state index in [2.05, 4.69) is 0 Å². The van der Waals surface area contributed by atoms with Crippen LogP contribution in [0.3, 0.4) is 0 Å². The SMILES string of the molecule is O=C(O)CN(Cc1ccccc1)C(=O)c1ccc(N2CCCC2)c([N+](=O)[O-])c1. The molecule has 2 aromatic rings. The minimum absolute atomic E-state index is 0.104. The summed E-state index contributed by atoms with van der Waals surface area (Å²) < 4.78 is 0. The Morgan fingerprint density at radius 2 is 1.79 bits per heavy atom. The molecule has 0 saturated carbocycles. The second-order valence-electron chi connectivity index (χ2n) is 6.70. The second kappa shape index (κ2) is 8.51. The molecule has 0 unspecified atom stereocenters. The number of amides is 1. The van der Waals surface area contributed by atoms with Crippen LogP contribution in [-0.4, -0.2) is 46.4 Å². The normalized spacial score (nSPS) is 13.4. The van der Waals surface area contributed by atoms with Gasteiger partial charge < -0.3 is 14.9 Å². The van der Waals surface area contributed by atoms with Crippen LogP contribution in [0.15, 0.2) is 48.5 Å². The van der Waals surface area contributed by atoms with Crippen molar-refractivity contribution in [2.24, 2.45) is 0 Å². The molecule has 0 radical (unpaired) electrons. The third-order valence-corrected chi connectivity index (χ3v) is 4.70. The van der Waals surface area contributed by atoms with Gasteiger partial charge in [0.2, 0.25) is 0 Å². The number of carboxylic acid groups (broad SMARTS) is 1. The van der Waals surface area contributed by atoms with Gasteiger partial charge in [0.05, 0.1) is 4.92 Å². The number of hydrogen-bond acceptors (Lipinski definition) is 5. The first-order valence-electron chi connectivity index (χ1n) is 9.04. The fourth-order valence-electron chi connectivity index (χ4n) is 3.38. The molecule has 0 atom stereocenters.